The molecule has 6 nitrogen and oxygen atoms in total. The van der Waals surface area contributed by atoms with Crippen molar-refractivity contribution < 1.29 is 9.59 Å². The SMILES string of the molecule is CN(C)CCCN1C(=O)C2=C(C1=O)n1ccc3cccc(c31)C1Cc3ccccc3N21. The third kappa shape index (κ3) is 2.48. The van der Waals surface area contributed by atoms with Gasteiger partial charge in [0, 0.05) is 23.8 Å². The van der Waals surface area contributed by atoms with Crippen LogP contribution in [-0.2, 0) is 16.0 Å². The molecule has 1 atom stereocenters. The Morgan fingerprint density at radius 2 is 1.77 bits per heavy atom. The van der Waals surface area contributed by atoms with Gasteiger partial charge in [-0.25, -0.2) is 0 Å². The Labute approximate surface area is 180 Å². The van der Waals surface area contributed by atoms with E-state index in [-0.39, 0.29) is 17.9 Å². The molecule has 6 heteroatoms. The number of benzene rings is 2. The summed E-state index contributed by atoms with van der Waals surface area (Å²) in [6.07, 6.45) is 3.51. The van der Waals surface area contributed by atoms with Crippen molar-refractivity contribution in [3.8, 4) is 0 Å². The molecule has 2 aromatic carbocycles. The van der Waals surface area contributed by atoms with E-state index < -0.39 is 0 Å². The summed E-state index contributed by atoms with van der Waals surface area (Å²) in [5.41, 5.74) is 5.43. The number of hydrogen-bond acceptors (Lipinski definition) is 4. The quantitative estimate of drug-likeness (QED) is 0.618. The van der Waals surface area contributed by atoms with Gasteiger partial charge in [0.15, 0.2) is 0 Å². The van der Waals surface area contributed by atoms with Crippen LogP contribution in [0.3, 0.4) is 0 Å². The van der Waals surface area contributed by atoms with Crippen LogP contribution in [0.4, 0.5) is 5.69 Å². The van der Waals surface area contributed by atoms with Gasteiger partial charge in [0.25, 0.3) is 11.8 Å². The Kier molecular flexibility index (Phi) is 3.89. The molecule has 4 heterocycles. The lowest BCUT2D eigenvalue weighted by Gasteiger charge is -2.28. The highest BCUT2D eigenvalue weighted by Crippen LogP contribution is 2.49. The highest BCUT2D eigenvalue weighted by atomic mass is 16.2. The van der Waals surface area contributed by atoms with E-state index in [9.17, 15) is 9.59 Å². The lowest BCUT2D eigenvalue weighted by Crippen LogP contribution is -2.37. The van der Waals surface area contributed by atoms with Gasteiger partial charge in [-0.3, -0.25) is 14.5 Å². The topological polar surface area (TPSA) is 48.8 Å². The predicted molar refractivity (Wildman–Crippen MR) is 120 cm³/mol. The average Bonchev–Trinajstić information content (AvgIpc) is 3.38. The van der Waals surface area contributed by atoms with Crippen molar-refractivity contribution in [1.29, 1.82) is 0 Å². The Bertz CT molecular complexity index is 1290. The zero-order chi connectivity index (χ0) is 21.3. The first-order chi connectivity index (χ1) is 15.1. The number of anilines is 1. The summed E-state index contributed by atoms with van der Waals surface area (Å²) in [4.78, 5) is 32.9. The van der Waals surface area contributed by atoms with E-state index in [1.165, 1.54) is 10.5 Å². The van der Waals surface area contributed by atoms with E-state index in [4.69, 9.17) is 0 Å². The zero-order valence-electron chi connectivity index (χ0n) is 17.7. The highest BCUT2D eigenvalue weighted by molar-refractivity contribution is 6.34. The predicted octanol–water partition coefficient (Wildman–Crippen LogP) is 3.25. The monoisotopic (exact) mass is 412 g/mol. The molecule has 0 bridgehead atoms. The molecule has 0 aliphatic carbocycles. The van der Waals surface area contributed by atoms with Crippen molar-refractivity contribution >= 4 is 34.1 Å². The molecular weight excluding hydrogens is 388 g/mol. The molecule has 0 radical (unpaired) electrons. The second kappa shape index (κ2) is 6.56. The minimum absolute atomic E-state index is 0.000671. The van der Waals surface area contributed by atoms with E-state index in [2.05, 4.69) is 40.1 Å². The van der Waals surface area contributed by atoms with E-state index in [1.54, 1.807) is 0 Å². The first-order valence-electron chi connectivity index (χ1n) is 10.8. The Balaban J connectivity index is 1.56. The molecule has 0 saturated carbocycles. The smallest absolute Gasteiger partial charge is 0.280 e. The number of aromatic nitrogens is 1. The van der Waals surface area contributed by atoms with Crippen molar-refractivity contribution in [3.05, 3.63) is 71.6 Å². The number of amides is 2. The van der Waals surface area contributed by atoms with Crippen LogP contribution in [-0.4, -0.2) is 53.4 Å². The summed E-state index contributed by atoms with van der Waals surface area (Å²) < 4.78 is 1.95. The molecule has 31 heavy (non-hydrogen) atoms. The number of para-hydroxylation sites is 2. The van der Waals surface area contributed by atoms with Gasteiger partial charge in [0.05, 0.1) is 11.6 Å². The molecular formula is C25H24N4O2. The number of hydrogen-bond donors (Lipinski definition) is 0. The fourth-order valence-electron chi connectivity index (χ4n) is 5.32. The maximum absolute atomic E-state index is 13.7. The van der Waals surface area contributed by atoms with Crippen LogP contribution in [0.2, 0.25) is 0 Å². The molecule has 3 aromatic rings. The van der Waals surface area contributed by atoms with E-state index in [0.717, 1.165) is 41.5 Å². The molecule has 0 fully saturated rings. The number of nitrogens with zero attached hydrogens (tertiary/aromatic N) is 4. The van der Waals surface area contributed by atoms with Crippen LogP contribution in [0.15, 0.2) is 60.4 Å². The third-order valence-corrected chi connectivity index (χ3v) is 6.67. The van der Waals surface area contributed by atoms with Gasteiger partial charge < -0.3 is 14.4 Å². The molecule has 2 amide bonds. The van der Waals surface area contributed by atoms with Crippen molar-refractivity contribution in [3.63, 3.8) is 0 Å². The standard InChI is InChI=1S/C25H24N4O2/c1-26(2)12-6-13-28-24(30)22-23(25(28)31)29-19-10-4-3-7-17(19)15-20(29)18-9-5-8-16-11-14-27(22)21(16)18/h3-5,7-11,14,20H,6,12-13,15H2,1-2H3. The van der Waals surface area contributed by atoms with Crippen LogP contribution in [0.1, 0.15) is 23.6 Å². The first kappa shape index (κ1) is 18.4. The van der Waals surface area contributed by atoms with Gasteiger partial charge in [0.2, 0.25) is 0 Å². The van der Waals surface area contributed by atoms with Crippen LogP contribution in [0, 0.1) is 0 Å². The van der Waals surface area contributed by atoms with Crippen LogP contribution in [0.25, 0.3) is 16.6 Å². The summed E-state index contributed by atoms with van der Waals surface area (Å²) in [6.45, 7) is 1.25. The molecule has 0 N–H and O–H groups in total. The number of rotatable bonds is 4. The molecule has 6 rings (SSSR count). The van der Waals surface area contributed by atoms with Gasteiger partial charge in [-0.05, 0) is 56.7 Å². The number of imide groups is 1. The molecule has 0 spiro atoms. The fraction of sp³-hybridized carbons (Fsp3) is 0.280. The summed E-state index contributed by atoms with van der Waals surface area (Å²) in [7, 11) is 4.00. The molecule has 1 unspecified atom stereocenters. The third-order valence-electron chi connectivity index (χ3n) is 6.67. The van der Waals surface area contributed by atoms with Crippen LogP contribution in [0.5, 0.6) is 0 Å². The molecule has 3 aliphatic rings. The average molecular weight is 412 g/mol. The van der Waals surface area contributed by atoms with Gasteiger partial charge >= 0.3 is 0 Å². The van der Waals surface area contributed by atoms with Crippen LogP contribution >= 0.6 is 0 Å². The summed E-state index contributed by atoms with van der Waals surface area (Å²) in [6, 6.07) is 16.5. The van der Waals surface area contributed by atoms with Crippen molar-refractivity contribution in [2.24, 2.45) is 0 Å². The minimum Gasteiger partial charge on any atom is -0.327 e. The van der Waals surface area contributed by atoms with Crippen molar-refractivity contribution in [1.82, 2.24) is 14.4 Å². The largest absolute Gasteiger partial charge is 0.327 e. The molecule has 1 aromatic heterocycles. The van der Waals surface area contributed by atoms with Crippen LogP contribution < -0.4 is 4.90 Å². The number of carbonyl (C=O) groups is 2. The Hall–Kier alpha value is -3.38. The maximum atomic E-state index is 13.7. The number of carbonyl (C=O) groups excluding carboxylic acids is 2. The lowest BCUT2D eigenvalue weighted by atomic mass is 10.00. The Morgan fingerprint density at radius 3 is 2.61 bits per heavy atom. The second-order valence-corrected chi connectivity index (χ2v) is 8.81. The first-order valence-corrected chi connectivity index (χ1v) is 10.8. The lowest BCUT2D eigenvalue weighted by molar-refractivity contribution is -0.137. The van der Waals surface area contributed by atoms with E-state index in [0.29, 0.717) is 17.9 Å². The summed E-state index contributed by atoms with van der Waals surface area (Å²) in [5, 5.41) is 1.09. The van der Waals surface area contributed by atoms with E-state index >= 15 is 0 Å². The van der Waals surface area contributed by atoms with Crippen molar-refractivity contribution in [2.75, 3.05) is 32.1 Å². The van der Waals surface area contributed by atoms with Gasteiger partial charge in [-0.2, -0.15) is 0 Å². The highest BCUT2D eigenvalue weighted by Gasteiger charge is 2.48. The van der Waals surface area contributed by atoms with Gasteiger partial charge in [-0.1, -0.05) is 36.4 Å². The van der Waals surface area contributed by atoms with E-state index in [1.807, 2.05) is 43.1 Å². The Morgan fingerprint density at radius 1 is 0.968 bits per heavy atom. The molecule has 0 saturated heterocycles. The number of fused-ring (bicyclic) bond motifs is 6. The van der Waals surface area contributed by atoms with Crippen molar-refractivity contribution in [2.45, 2.75) is 18.9 Å². The molecule has 3 aliphatic heterocycles. The normalized spacial score (nSPS) is 19.4. The second-order valence-electron chi connectivity index (χ2n) is 8.81. The molecule has 156 valence electrons. The summed E-state index contributed by atoms with van der Waals surface area (Å²) in [5.74, 6) is -0.383. The van der Waals surface area contributed by atoms with Gasteiger partial charge in [-0.15, -0.1) is 0 Å². The van der Waals surface area contributed by atoms with Gasteiger partial charge in [0.1, 0.15) is 11.4 Å². The minimum atomic E-state index is -0.198. The fourth-order valence-corrected chi connectivity index (χ4v) is 5.32. The zero-order valence-corrected chi connectivity index (χ0v) is 17.7. The summed E-state index contributed by atoms with van der Waals surface area (Å²) >= 11 is 0. The maximum Gasteiger partial charge on any atom is 0.280 e.